The van der Waals surface area contributed by atoms with E-state index in [9.17, 15) is 4.79 Å². The quantitative estimate of drug-likeness (QED) is 0.760. The number of carbonyl (C=O) groups is 1. The van der Waals surface area contributed by atoms with Gasteiger partial charge in [0.2, 0.25) is 0 Å². The number of ether oxygens (including phenoxy) is 1. The van der Waals surface area contributed by atoms with Gasteiger partial charge in [0, 0.05) is 13.2 Å². The first-order chi connectivity index (χ1) is 7.27. The molecule has 2 aliphatic heterocycles. The van der Waals surface area contributed by atoms with Crippen molar-refractivity contribution in [1.29, 1.82) is 0 Å². The van der Waals surface area contributed by atoms with Crippen LogP contribution < -0.4 is 0 Å². The standard InChI is InChI=1S/C11H19NO3/c13-11(14)10-4-1-6-12(10)7-5-9-3-2-8-15-9/h9-10H,1-8H2,(H,13,14). The van der Waals surface area contributed by atoms with Gasteiger partial charge in [-0.15, -0.1) is 0 Å². The summed E-state index contributed by atoms with van der Waals surface area (Å²) in [7, 11) is 0. The van der Waals surface area contributed by atoms with Crippen molar-refractivity contribution in [3.8, 4) is 0 Å². The van der Waals surface area contributed by atoms with Gasteiger partial charge in [-0.05, 0) is 38.6 Å². The number of hydrogen-bond acceptors (Lipinski definition) is 3. The van der Waals surface area contributed by atoms with E-state index in [0.717, 1.165) is 51.8 Å². The van der Waals surface area contributed by atoms with Gasteiger partial charge >= 0.3 is 5.97 Å². The van der Waals surface area contributed by atoms with Crippen LogP contribution in [0.4, 0.5) is 0 Å². The Hall–Kier alpha value is -0.610. The molecule has 0 radical (unpaired) electrons. The van der Waals surface area contributed by atoms with E-state index in [1.54, 1.807) is 0 Å². The van der Waals surface area contributed by atoms with Gasteiger partial charge in [-0.1, -0.05) is 0 Å². The minimum Gasteiger partial charge on any atom is -0.480 e. The average Bonchev–Trinajstić information content (AvgIpc) is 2.86. The Labute approximate surface area is 90.2 Å². The fourth-order valence-electron chi connectivity index (χ4n) is 2.56. The number of rotatable bonds is 4. The van der Waals surface area contributed by atoms with E-state index >= 15 is 0 Å². The minimum absolute atomic E-state index is 0.244. The molecule has 2 unspecified atom stereocenters. The third kappa shape index (κ3) is 2.69. The molecule has 15 heavy (non-hydrogen) atoms. The third-order valence-corrected chi connectivity index (χ3v) is 3.41. The SMILES string of the molecule is O=C(O)C1CCCN1CCC1CCCO1. The molecule has 0 amide bonds. The number of carboxylic acids is 1. The lowest BCUT2D eigenvalue weighted by Gasteiger charge is -2.22. The predicted octanol–water partition coefficient (Wildman–Crippen LogP) is 1.10. The fourth-order valence-corrected chi connectivity index (χ4v) is 2.56. The smallest absolute Gasteiger partial charge is 0.320 e. The lowest BCUT2D eigenvalue weighted by atomic mass is 10.1. The number of hydrogen-bond donors (Lipinski definition) is 1. The lowest BCUT2D eigenvalue weighted by Crippen LogP contribution is -2.37. The summed E-state index contributed by atoms with van der Waals surface area (Å²) in [4.78, 5) is 13.0. The zero-order valence-electron chi connectivity index (χ0n) is 9.02. The van der Waals surface area contributed by atoms with E-state index in [2.05, 4.69) is 4.90 Å². The minimum atomic E-state index is -0.667. The molecule has 1 N–H and O–H groups in total. The van der Waals surface area contributed by atoms with Gasteiger partial charge in [-0.2, -0.15) is 0 Å². The third-order valence-electron chi connectivity index (χ3n) is 3.41. The summed E-state index contributed by atoms with van der Waals surface area (Å²) < 4.78 is 5.53. The molecule has 0 aromatic carbocycles. The van der Waals surface area contributed by atoms with Crippen molar-refractivity contribution in [2.24, 2.45) is 0 Å². The summed E-state index contributed by atoms with van der Waals surface area (Å²) in [5.74, 6) is -0.667. The summed E-state index contributed by atoms with van der Waals surface area (Å²) in [5, 5.41) is 9.00. The van der Waals surface area contributed by atoms with Gasteiger partial charge < -0.3 is 9.84 Å². The Kier molecular flexibility index (Phi) is 3.59. The van der Waals surface area contributed by atoms with Crippen LogP contribution in [0.2, 0.25) is 0 Å². The number of nitrogens with zero attached hydrogens (tertiary/aromatic N) is 1. The van der Waals surface area contributed by atoms with Gasteiger partial charge in [0.05, 0.1) is 6.10 Å². The summed E-state index contributed by atoms with van der Waals surface area (Å²) in [5.41, 5.74) is 0. The second-order valence-corrected chi connectivity index (χ2v) is 4.46. The Morgan fingerprint density at radius 3 is 2.93 bits per heavy atom. The summed E-state index contributed by atoms with van der Waals surface area (Å²) in [6, 6.07) is -0.244. The van der Waals surface area contributed by atoms with Crippen LogP contribution in [0.15, 0.2) is 0 Å². The second-order valence-electron chi connectivity index (χ2n) is 4.46. The summed E-state index contributed by atoms with van der Waals surface area (Å²) in [6.45, 7) is 2.69. The van der Waals surface area contributed by atoms with Gasteiger partial charge in [0.1, 0.15) is 6.04 Å². The maximum Gasteiger partial charge on any atom is 0.320 e. The molecular weight excluding hydrogens is 194 g/mol. The molecule has 0 aromatic heterocycles. The van der Waals surface area contributed by atoms with Crippen LogP contribution in [-0.2, 0) is 9.53 Å². The molecule has 2 rings (SSSR count). The second kappa shape index (κ2) is 4.94. The van der Waals surface area contributed by atoms with E-state index < -0.39 is 5.97 Å². The maximum atomic E-state index is 10.9. The van der Waals surface area contributed by atoms with Crippen LogP contribution in [0.3, 0.4) is 0 Å². The molecule has 4 heteroatoms. The van der Waals surface area contributed by atoms with Gasteiger partial charge in [-0.3, -0.25) is 9.69 Å². The number of aliphatic carboxylic acids is 1. The highest BCUT2D eigenvalue weighted by Crippen LogP contribution is 2.21. The van der Waals surface area contributed by atoms with Crippen molar-refractivity contribution in [2.45, 2.75) is 44.2 Å². The molecular formula is C11H19NO3. The number of carboxylic acid groups (broad SMARTS) is 1. The molecule has 2 aliphatic rings. The molecule has 0 aliphatic carbocycles. The Bertz CT molecular complexity index is 226. The van der Waals surface area contributed by atoms with Crippen LogP contribution in [0.1, 0.15) is 32.1 Å². The lowest BCUT2D eigenvalue weighted by molar-refractivity contribution is -0.142. The van der Waals surface area contributed by atoms with E-state index in [0.29, 0.717) is 6.10 Å². The highest BCUT2D eigenvalue weighted by atomic mass is 16.5. The first-order valence-corrected chi connectivity index (χ1v) is 5.86. The van der Waals surface area contributed by atoms with Crippen LogP contribution in [0, 0.1) is 0 Å². The van der Waals surface area contributed by atoms with Gasteiger partial charge in [0.15, 0.2) is 0 Å². The highest BCUT2D eigenvalue weighted by Gasteiger charge is 2.30. The van der Waals surface area contributed by atoms with Crippen LogP contribution >= 0.6 is 0 Å². The zero-order valence-corrected chi connectivity index (χ0v) is 9.02. The molecule has 0 spiro atoms. The number of likely N-dealkylation sites (tertiary alicyclic amines) is 1. The summed E-state index contributed by atoms with van der Waals surface area (Å²) in [6.07, 6.45) is 5.49. The van der Waals surface area contributed by atoms with E-state index in [1.807, 2.05) is 0 Å². The molecule has 2 atom stereocenters. The van der Waals surface area contributed by atoms with Crippen LogP contribution in [0.5, 0.6) is 0 Å². The zero-order chi connectivity index (χ0) is 10.7. The Morgan fingerprint density at radius 2 is 2.27 bits per heavy atom. The van der Waals surface area contributed by atoms with Crippen molar-refractivity contribution >= 4 is 5.97 Å². The van der Waals surface area contributed by atoms with Crippen molar-refractivity contribution in [3.05, 3.63) is 0 Å². The highest BCUT2D eigenvalue weighted by molar-refractivity contribution is 5.73. The normalized spacial score (nSPS) is 32.3. The average molecular weight is 213 g/mol. The van der Waals surface area contributed by atoms with E-state index in [-0.39, 0.29) is 6.04 Å². The van der Waals surface area contributed by atoms with Crippen molar-refractivity contribution in [2.75, 3.05) is 19.7 Å². The van der Waals surface area contributed by atoms with Gasteiger partial charge in [0.25, 0.3) is 0 Å². The monoisotopic (exact) mass is 213 g/mol. The summed E-state index contributed by atoms with van der Waals surface area (Å²) >= 11 is 0. The molecule has 4 nitrogen and oxygen atoms in total. The molecule has 0 bridgehead atoms. The van der Waals surface area contributed by atoms with Crippen LogP contribution in [0.25, 0.3) is 0 Å². The van der Waals surface area contributed by atoms with Crippen LogP contribution in [-0.4, -0.2) is 47.8 Å². The molecule has 86 valence electrons. The predicted molar refractivity (Wildman–Crippen MR) is 55.8 cm³/mol. The Morgan fingerprint density at radius 1 is 1.40 bits per heavy atom. The van der Waals surface area contributed by atoms with Crippen molar-refractivity contribution < 1.29 is 14.6 Å². The van der Waals surface area contributed by atoms with Crippen molar-refractivity contribution in [3.63, 3.8) is 0 Å². The fraction of sp³-hybridized carbons (Fsp3) is 0.909. The van der Waals surface area contributed by atoms with E-state index in [4.69, 9.17) is 9.84 Å². The molecule has 2 fully saturated rings. The first-order valence-electron chi connectivity index (χ1n) is 5.86. The molecule has 2 heterocycles. The van der Waals surface area contributed by atoms with Crippen molar-refractivity contribution in [1.82, 2.24) is 4.90 Å². The van der Waals surface area contributed by atoms with Gasteiger partial charge in [-0.25, -0.2) is 0 Å². The molecule has 0 saturated carbocycles. The molecule has 2 saturated heterocycles. The topological polar surface area (TPSA) is 49.8 Å². The largest absolute Gasteiger partial charge is 0.480 e. The maximum absolute atomic E-state index is 10.9. The molecule has 0 aromatic rings. The first kappa shape index (κ1) is 10.9. The Balaban J connectivity index is 1.75. The van der Waals surface area contributed by atoms with E-state index in [1.165, 1.54) is 0 Å².